The highest BCUT2D eigenvalue weighted by Gasteiger charge is 2.33. The van der Waals surface area contributed by atoms with Crippen LogP contribution in [0.15, 0.2) is 44.7 Å². The molecule has 1 N–H and O–H groups in total. The number of hydrogen-bond acceptors (Lipinski definition) is 2. The standard InChI is InChI=1S/C14H12BrNO2/c1-8-6-13(15)18-12(8)7-10-9-4-2-3-5-11(9)16-14(10)17/h2-3,5-7,9H,4H2,1H3,(H,16,17). The third kappa shape index (κ3) is 1.86. The van der Waals surface area contributed by atoms with E-state index in [2.05, 4.69) is 27.3 Å². The number of halogens is 1. The Morgan fingerprint density at radius 3 is 3.11 bits per heavy atom. The van der Waals surface area contributed by atoms with Crippen molar-refractivity contribution >= 4 is 27.9 Å². The van der Waals surface area contributed by atoms with Crippen molar-refractivity contribution in [1.29, 1.82) is 0 Å². The largest absolute Gasteiger partial charge is 0.450 e. The van der Waals surface area contributed by atoms with Gasteiger partial charge < -0.3 is 9.73 Å². The van der Waals surface area contributed by atoms with Gasteiger partial charge in [0.25, 0.3) is 5.91 Å². The number of carbonyl (C=O) groups is 1. The Morgan fingerprint density at radius 2 is 2.39 bits per heavy atom. The van der Waals surface area contributed by atoms with Gasteiger partial charge in [-0.3, -0.25) is 4.79 Å². The van der Waals surface area contributed by atoms with Crippen LogP contribution in [0.5, 0.6) is 0 Å². The molecule has 1 aromatic rings. The third-order valence-electron chi connectivity index (χ3n) is 3.27. The Kier molecular flexibility index (Phi) is 2.74. The monoisotopic (exact) mass is 305 g/mol. The summed E-state index contributed by atoms with van der Waals surface area (Å²) in [7, 11) is 0. The molecule has 1 saturated heterocycles. The van der Waals surface area contributed by atoms with Crippen molar-refractivity contribution in [3.05, 3.63) is 51.6 Å². The van der Waals surface area contributed by atoms with Crippen LogP contribution in [0.3, 0.4) is 0 Å². The molecule has 3 nitrogen and oxygen atoms in total. The number of amides is 1. The fraction of sp³-hybridized carbons (Fsp3) is 0.214. The van der Waals surface area contributed by atoms with E-state index in [1.165, 1.54) is 0 Å². The minimum Gasteiger partial charge on any atom is -0.450 e. The molecule has 1 aliphatic heterocycles. The summed E-state index contributed by atoms with van der Waals surface area (Å²) < 4.78 is 6.21. The van der Waals surface area contributed by atoms with Gasteiger partial charge in [0.15, 0.2) is 4.67 Å². The van der Waals surface area contributed by atoms with Gasteiger partial charge in [-0.2, -0.15) is 0 Å². The second-order valence-corrected chi connectivity index (χ2v) is 5.27. The molecule has 0 aromatic carbocycles. The van der Waals surface area contributed by atoms with Crippen LogP contribution in [0.4, 0.5) is 0 Å². The zero-order valence-corrected chi connectivity index (χ0v) is 11.5. The average Bonchev–Trinajstić information content (AvgIpc) is 2.81. The molecule has 1 fully saturated rings. The van der Waals surface area contributed by atoms with Gasteiger partial charge >= 0.3 is 0 Å². The topological polar surface area (TPSA) is 42.2 Å². The minimum absolute atomic E-state index is 0.0260. The molecule has 1 amide bonds. The minimum atomic E-state index is -0.0260. The zero-order valence-electron chi connectivity index (χ0n) is 9.87. The van der Waals surface area contributed by atoms with E-state index < -0.39 is 0 Å². The van der Waals surface area contributed by atoms with Crippen molar-refractivity contribution in [3.63, 3.8) is 0 Å². The molecular weight excluding hydrogens is 294 g/mol. The number of furan rings is 1. The lowest BCUT2D eigenvalue weighted by atomic mass is 9.92. The summed E-state index contributed by atoms with van der Waals surface area (Å²) in [4.78, 5) is 12.0. The van der Waals surface area contributed by atoms with Crippen LogP contribution in [-0.2, 0) is 4.79 Å². The Balaban J connectivity index is 2.01. The molecule has 18 heavy (non-hydrogen) atoms. The lowest BCUT2D eigenvalue weighted by Crippen LogP contribution is -2.13. The highest BCUT2D eigenvalue weighted by Crippen LogP contribution is 2.34. The maximum atomic E-state index is 12.0. The van der Waals surface area contributed by atoms with Crippen LogP contribution in [0.2, 0.25) is 0 Å². The molecule has 4 heteroatoms. The molecule has 0 radical (unpaired) electrons. The number of hydrogen-bond donors (Lipinski definition) is 1. The van der Waals surface area contributed by atoms with Crippen LogP contribution < -0.4 is 5.32 Å². The molecule has 1 aromatic heterocycles. The van der Waals surface area contributed by atoms with Gasteiger partial charge in [-0.05, 0) is 53.1 Å². The van der Waals surface area contributed by atoms with Gasteiger partial charge in [-0.1, -0.05) is 12.2 Å². The summed E-state index contributed by atoms with van der Waals surface area (Å²) in [5.74, 6) is 0.857. The zero-order chi connectivity index (χ0) is 12.7. The van der Waals surface area contributed by atoms with Crippen molar-refractivity contribution in [1.82, 2.24) is 5.32 Å². The Labute approximate surface area is 113 Å². The highest BCUT2D eigenvalue weighted by molar-refractivity contribution is 9.10. The maximum absolute atomic E-state index is 12.0. The number of aryl methyl sites for hydroxylation is 1. The van der Waals surface area contributed by atoms with Gasteiger partial charge in [-0.25, -0.2) is 0 Å². The molecular formula is C14H12BrNO2. The molecule has 0 bridgehead atoms. The van der Waals surface area contributed by atoms with Crippen LogP contribution in [0.1, 0.15) is 17.7 Å². The van der Waals surface area contributed by atoms with Crippen LogP contribution >= 0.6 is 15.9 Å². The van der Waals surface area contributed by atoms with E-state index in [0.717, 1.165) is 29.0 Å². The normalized spacial score (nSPS) is 24.1. The summed E-state index contributed by atoms with van der Waals surface area (Å²) in [6.07, 6.45) is 8.71. The van der Waals surface area contributed by atoms with Gasteiger partial charge in [0.05, 0.1) is 0 Å². The van der Waals surface area contributed by atoms with E-state index >= 15 is 0 Å². The predicted molar refractivity (Wildman–Crippen MR) is 72.6 cm³/mol. The van der Waals surface area contributed by atoms with Crippen LogP contribution in [0.25, 0.3) is 6.08 Å². The molecule has 92 valence electrons. The van der Waals surface area contributed by atoms with E-state index in [9.17, 15) is 4.79 Å². The Bertz CT molecular complexity index is 607. The van der Waals surface area contributed by atoms with Crippen LogP contribution in [-0.4, -0.2) is 5.91 Å². The van der Waals surface area contributed by atoms with E-state index in [4.69, 9.17) is 4.42 Å². The lowest BCUT2D eigenvalue weighted by Gasteiger charge is -2.11. The lowest BCUT2D eigenvalue weighted by molar-refractivity contribution is -0.115. The van der Waals surface area contributed by atoms with E-state index in [1.807, 2.05) is 31.2 Å². The number of allylic oxidation sites excluding steroid dienone is 4. The van der Waals surface area contributed by atoms with Gasteiger partial charge in [0.1, 0.15) is 5.76 Å². The van der Waals surface area contributed by atoms with Crippen molar-refractivity contribution in [2.45, 2.75) is 13.3 Å². The van der Waals surface area contributed by atoms with Gasteiger partial charge in [-0.15, -0.1) is 0 Å². The quantitative estimate of drug-likeness (QED) is 0.809. The van der Waals surface area contributed by atoms with Crippen molar-refractivity contribution in [3.8, 4) is 0 Å². The number of rotatable bonds is 1. The molecule has 3 rings (SSSR count). The van der Waals surface area contributed by atoms with Crippen molar-refractivity contribution < 1.29 is 9.21 Å². The van der Waals surface area contributed by atoms with E-state index in [1.54, 1.807) is 0 Å². The number of nitrogens with one attached hydrogen (secondary N) is 1. The smallest absolute Gasteiger partial charge is 0.252 e. The molecule has 2 aliphatic rings. The van der Waals surface area contributed by atoms with Crippen molar-refractivity contribution in [2.75, 3.05) is 0 Å². The van der Waals surface area contributed by atoms with Gasteiger partial charge in [0, 0.05) is 17.2 Å². The Hall–Kier alpha value is -1.55. The number of fused-ring (bicyclic) bond motifs is 1. The summed E-state index contributed by atoms with van der Waals surface area (Å²) in [6.45, 7) is 1.96. The average molecular weight is 306 g/mol. The first-order chi connectivity index (χ1) is 8.65. The van der Waals surface area contributed by atoms with E-state index in [0.29, 0.717) is 4.67 Å². The predicted octanol–water partition coefficient (Wildman–Crippen LogP) is 3.32. The molecule has 1 unspecified atom stereocenters. The van der Waals surface area contributed by atoms with Crippen molar-refractivity contribution in [2.24, 2.45) is 5.92 Å². The first kappa shape index (κ1) is 11.5. The highest BCUT2D eigenvalue weighted by atomic mass is 79.9. The second-order valence-electron chi connectivity index (χ2n) is 4.49. The van der Waals surface area contributed by atoms with Gasteiger partial charge in [0.2, 0.25) is 0 Å². The molecule has 1 atom stereocenters. The fourth-order valence-corrected chi connectivity index (χ4v) is 2.84. The fourth-order valence-electron chi connectivity index (χ4n) is 2.32. The second kappa shape index (κ2) is 4.28. The van der Waals surface area contributed by atoms with E-state index in [-0.39, 0.29) is 11.8 Å². The SMILES string of the molecule is Cc1cc(Br)oc1C=C1C(=O)NC2=CC=CCC21. The molecule has 0 spiro atoms. The van der Waals surface area contributed by atoms with Crippen LogP contribution in [0, 0.1) is 12.8 Å². The third-order valence-corrected chi connectivity index (χ3v) is 3.66. The first-order valence-electron chi connectivity index (χ1n) is 5.81. The maximum Gasteiger partial charge on any atom is 0.252 e. The number of carbonyl (C=O) groups excluding carboxylic acids is 1. The Morgan fingerprint density at radius 1 is 1.56 bits per heavy atom. The summed E-state index contributed by atoms with van der Waals surface area (Å²) >= 11 is 3.30. The molecule has 1 aliphatic carbocycles. The first-order valence-corrected chi connectivity index (χ1v) is 6.60. The summed E-state index contributed by atoms with van der Waals surface area (Å²) in [5.41, 5.74) is 2.78. The summed E-state index contributed by atoms with van der Waals surface area (Å²) in [5, 5.41) is 2.90. The summed E-state index contributed by atoms with van der Waals surface area (Å²) in [6, 6.07) is 1.90. The molecule has 2 heterocycles. The molecule has 0 saturated carbocycles.